The molecule has 0 unspecified atom stereocenters. The van der Waals surface area contributed by atoms with Gasteiger partial charge in [-0.25, -0.2) is 4.39 Å². The van der Waals surface area contributed by atoms with Crippen LogP contribution in [-0.4, -0.2) is 23.2 Å². The average molecular weight is 464 g/mol. The van der Waals surface area contributed by atoms with Crippen molar-refractivity contribution < 1.29 is 23.5 Å². The molecule has 2 amide bonds. The van der Waals surface area contributed by atoms with Gasteiger partial charge in [0, 0.05) is 0 Å². The Kier molecular flexibility index (Phi) is 6.79. The minimum absolute atomic E-state index is 0.186. The topological polar surface area (TPSA) is 55.8 Å². The molecule has 0 atom stereocenters. The summed E-state index contributed by atoms with van der Waals surface area (Å²) >= 11 is 0.917. The molecule has 1 aliphatic heterocycles. The number of imide groups is 1. The highest BCUT2D eigenvalue weighted by atomic mass is 32.2. The molecule has 0 spiro atoms. The summed E-state index contributed by atoms with van der Waals surface area (Å²) < 4.78 is 24.6. The zero-order valence-electron chi connectivity index (χ0n) is 18.2. The maximum absolute atomic E-state index is 13.4. The van der Waals surface area contributed by atoms with Crippen molar-refractivity contribution in [1.29, 1.82) is 0 Å². The molecule has 0 saturated carbocycles. The number of ether oxygens (including phenoxy) is 2. The van der Waals surface area contributed by atoms with E-state index in [1.54, 1.807) is 36.4 Å². The van der Waals surface area contributed by atoms with E-state index in [1.807, 2.05) is 31.2 Å². The maximum Gasteiger partial charge on any atom is 0.293 e. The number of aryl methyl sites for hydroxylation is 1. The predicted molar refractivity (Wildman–Crippen MR) is 126 cm³/mol. The summed E-state index contributed by atoms with van der Waals surface area (Å²) in [6.45, 7) is 2.41. The monoisotopic (exact) mass is 463 g/mol. The molecule has 0 radical (unpaired) electrons. The van der Waals surface area contributed by atoms with Crippen molar-refractivity contribution in [3.8, 4) is 11.5 Å². The number of benzene rings is 3. The van der Waals surface area contributed by atoms with E-state index >= 15 is 0 Å². The van der Waals surface area contributed by atoms with Crippen LogP contribution in [0.3, 0.4) is 0 Å². The van der Waals surface area contributed by atoms with Crippen LogP contribution in [0.25, 0.3) is 6.08 Å². The lowest BCUT2D eigenvalue weighted by Crippen LogP contribution is -2.27. The van der Waals surface area contributed by atoms with E-state index in [0.29, 0.717) is 27.5 Å². The van der Waals surface area contributed by atoms with Crippen LogP contribution in [0, 0.1) is 12.7 Å². The van der Waals surface area contributed by atoms with Gasteiger partial charge in [0.25, 0.3) is 11.1 Å². The first-order chi connectivity index (χ1) is 15.9. The Morgan fingerprint density at radius 3 is 2.48 bits per heavy atom. The van der Waals surface area contributed by atoms with Crippen LogP contribution < -0.4 is 9.47 Å². The molecule has 1 fully saturated rings. The fourth-order valence-corrected chi connectivity index (χ4v) is 4.18. The zero-order valence-corrected chi connectivity index (χ0v) is 19.0. The second kappa shape index (κ2) is 9.92. The number of carbonyl (C=O) groups excluding carboxylic acids is 2. The Morgan fingerprint density at radius 1 is 0.970 bits per heavy atom. The number of nitrogens with zero attached hydrogens (tertiary/aromatic N) is 1. The Balaban J connectivity index is 1.48. The molecule has 0 aromatic heterocycles. The number of hydrogen-bond donors (Lipinski definition) is 0. The summed E-state index contributed by atoms with van der Waals surface area (Å²) in [6, 6.07) is 19.1. The van der Waals surface area contributed by atoms with Gasteiger partial charge in [-0.2, -0.15) is 0 Å². The van der Waals surface area contributed by atoms with Crippen LogP contribution in [0.15, 0.2) is 71.6 Å². The first-order valence-corrected chi connectivity index (χ1v) is 11.1. The summed E-state index contributed by atoms with van der Waals surface area (Å²) in [5.74, 6) is 0.316. The lowest BCUT2D eigenvalue weighted by atomic mass is 10.1. The van der Waals surface area contributed by atoms with E-state index < -0.39 is 0 Å². The normalized spacial score (nSPS) is 14.8. The number of thioether (sulfide) groups is 1. The van der Waals surface area contributed by atoms with Gasteiger partial charge in [-0.15, -0.1) is 0 Å². The van der Waals surface area contributed by atoms with Crippen molar-refractivity contribution in [2.24, 2.45) is 0 Å². The maximum atomic E-state index is 13.4. The Bertz CT molecular complexity index is 1220. The third-order valence-corrected chi connectivity index (χ3v) is 6.01. The lowest BCUT2D eigenvalue weighted by molar-refractivity contribution is -0.123. The Labute approximate surface area is 195 Å². The molecule has 1 aliphatic rings. The van der Waals surface area contributed by atoms with E-state index in [2.05, 4.69) is 0 Å². The van der Waals surface area contributed by atoms with Gasteiger partial charge in [-0.3, -0.25) is 14.5 Å². The van der Waals surface area contributed by atoms with Crippen molar-refractivity contribution in [3.05, 3.63) is 99.7 Å². The first kappa shape index (κ1) is 22.6. The van der Waals surface area contributed by atoms with Gasteiger partial charge >= 0.3 is 0 Å². The van der Waals surface area contributed by atoms with Crippen LogP contribution in [0.1, 0.15) is 22.3 Å². The highest BCUT2D eigenvalue weighted by molar-refractivity contribution is 8.18. The molecule has 1 saturated heterocycles. The minimum Gasteiger partial charge on any atom is -0.493 e. The van der Waals surface area contributed by atoms with Crippen molar-refractivity contribution in [1.82, 2.24) is 4.90 Å². The molecule has 0 N–H and O–H groups in total. The molecule has 3 aromatic carbocycles. The smallest absolute Gasteiger partial charge is 0.293 e. The molecule has 3 aromatic rings. The van der Waals surface area contributed by atoms with Crippen LogP contribution in [0.5, 0.6) is 11.5 Å². The standard InChI is InChI=1S/C26H22FNO4S/c1-17-6-8-18(9-7-17)15-28-25(29)24(33-26(28)30)14-19-10-11-22(23(13-19)31-2)32-16-20-4-3-5-21(27)12-20/h3-14H,15-16H2,1-2H3/b24-14-. The van der Waals surface area contributed by atoms with E-state index in [4.69, 9.17) is 9.47 Å². The van der Waals surface area contributed by atoms with E-state index in [-0.39, 0.29) is 30.1 Å². The minimum atomic E-state index is -0.324. The number of methoxy groups -OCH3 is 1. The molecule has 4 rings (SSSR count). The fraction of sp³-hybridized carbons (Fsp3) is 0.154. The van der Waals surface area contributed by atoms with E-state index in [9.17, 15) is 14.0 Å². The van der Waals surface area contributed by atoms with Gasteiger partial charge < -0.3 is 9.47 Å². The summed E-state index contributed by atoms with van der Waals surface area (Å²) in [7, 11) is 1.52. The van der Waals surface area contributed by atoms with Crippen molar-refractivity contribution in [2.75, 3.05) is 7.11 Å². The number of rotatable bonds is 7. The largest absolute Gasteiger partial charge is 0.493 e. The summed E-state index contributed by atoms with van der Waals surface area (Å²) in [5.41, 5.74) is 3.41. The molecule has 0 bridgehead atoms. The third-order valence-electron chi connectivity index (χ3n) is 5.10. The van der Waals surface area contributed by atoms with Gasteiger partial charge in [0.2, 0.25) is 0 Å². The fourth-order valence-electron chi connectivity index (χ4n) is 3.34. The highest BCUT2D eigenvalue weighted by Crippen LogP contribution is 2.35. The number of halogens is 1. The molecule has 7 heteroatoms. The lowest BCUT2D eigenvalue weighted by Gasteiger charge is -2.13. The molecular weight excluding hydrogens is 441 g/mol. The molecule has 33 heavy (non-hydrogen) atoms. The number of carbonyl (C=O) groups is 2. The van der Waals surface area contributed by atoms with Crippen molar-refractivity contribution in [2.45, 2.75) is 20.1 Å². The Hall–Kier alpha value is -3.58. The molecule has 0 aliphatic carbocycles. The Morgan fingerprint density at radius 2 is 1.76 bits per heavy atom. The van der Waals surface area contributed by atoms with Gasteiger partial charge in [-0.1, -0.05) is 48.0 Å². The van der Waals surface area contributed by atoms with Crippen LogP contribution in [0.2, 0.25) is 0 Å². The van der Waals surface area contributed by atoms with Crippen LogP contribution >= 0.6 is 11.8 Å². The third kappa shape index (κ3) is 5.43. The average Bonchev–Trinajstić information content (AvgIpc) is 3.06. The molecule has 5 nitrogen and oxygen atoms in total. The zero-order chi connectivity index (χ0) is 23.4. The van der Waals surface area contributed by atoms with Crippen LogP contribution in [-0.2, 0) is 17.9 Å². The second-order valence-corrected chi connectivity index (χ2v) is 8.58. The van der Waals surface area contributed by atoms with Gasteiger partial charge in [0.15, 0.2) is 11.5 Å². The molecule has 1 heterocycles. The quantitative estimate of drug-likeness (QED) is 0.405. The van der Waals surface area contributed by atoms with Crippen molar-refractivity contribution >= 4 is 29.0 Å². The number of hydrogen-bond acceptors (Lipinski definition) is 5. The first-order valence-electron chi connectivity index (χ1n) is 10.3. The van der Waals surface area contributed by atoms with Crippen molar-refractivity contribution in [3.63, 3.8) is 0 Å². The second-order valence-electron chi connectivity index (χ2n) is 7.58. The van der Waals surface area contributed by atoms with E-state index in [1.165, 1.54) is 24.1 Å². The van der Waals surface area contributed by atoms with Crippen LogP contribution in [0.4, 0.5) is 9.18 Å². The highest BCUT2D eigenvalue weighted by Gasteiger charge is 2.35. The van der Waals surface area contributed by atoms with E-state index in [0.717, 1.165) is 22.9 Å². The SMILES string of the molecule is COc1cc(/C=C2\SC(=O)N(Cc3ccc(C)cc3)C2=O)ccc1OCc1cccc(F)c1. The summed E-state index contributed by atoms with van der Waals surface area (Å²) in [4.78, 5) is 26.9. The molecule has 168 valence electrons. The molecular formula is C26H22FNO4S. The number of amides is 2. The summed E-state index contributed by atoms with van der Waals surface area (Å²) in [6.07, 6.45) is 1.67. The predicted octanol–water partition coefficient (Wildman–Crippen LogP) is 5.96. The van der Waals surface area contributed by atoms with Gasteiger partial charge in [0.1, 0.15) is 12.4 Å². The summed E-state index contributed by atoms with van der Waals surface area (Å²) in [5, 5.41) is -0.297. The van der Waals surface area contributed by atoms with Gasteiger partial charge in [0.05, 0.1) is 18.6 Å². The van der Waals surface area contributed by atoms with Gasteiger partial charge in [-0.05, 0) is 65.7 Å².